The van der Waals surface area contributed by atoms with Crippen LogP contribution in [0.5, 0.6) is 11.5 Å². The second-order valence-corrected chi connectivity index (χ2v) is 8.16. The number of ether oxygens (including phenoxy) is 1. The summed E-state index contributed by atoms with van der Waals surface area (Å²) in [6.45, 7) is 2.03. The highest BCUT2D eigenvalue weighted by Crippen LogP contribution is 2.33. The molecule has 0 amide bonds. The van der Waals surface area contributed by atoms with Crippen molar-refractivity contribution in [3.05, 3.63) is 88.4 Å². The number of fused-ring (bicyclic) bond motifs is 2. The van der Waals surface area contributed by atoms with Crippen LogP contribution >= 0.6 is 22.6 Å². The lowest BCUT2D eigenvalue weighted by molar-refractivity contribution is 0.484. The van der Waals surface area contributed by atoms with Gasteiger partial charge < -0.3 is 10.1 Å². The van der Waals surface area contributed by atoms with Crippen molar-refractivity contribution in [1.29, 1.82) is 0 Å². The second-order valence-electron chi connectivity index (χ2n) is 6.92. The molecule has 6 heteroatoms. The van der Waals surface area contributed by atoms with Crippen LogP contribution in [0.1, 0.15) is 5.56 Å². The van der Waals surface area contributed by atoms with Gasteiger partial charge in [-0.25, -0.2) is 9.97 Å². The molecule has 5 aromatic rings. The number of aromatic nitrogens is 3. The van der Waals surface area contributed by atoms with Gasteiger partial charge in [-0.3, -0.25) is 4.98 Å². The van der Waals surface area contributed by atoms with Gasteiger partial charge in [0.15, 0.2) is 0 Å². The molecule has 2 aromatic heterocycles. The van der Waals surface area contributed by atoms with E-state index in [2.05, 4.69) is 55.0 Å². The number of benzene rings is 3. The Morgan fingerprint density at radius 3 is 2.60 bits per heavy atom. The van der Waals surface area contributed by atoms with Gasteiger partial charge in [0.1, 0.15) is 23.6 Å². The SMILES string of the molecule is Cc1cc(Nc2ncnc3ccc(I)cc23)ccc1Oc1cccc2ncccc12. The molecule has 0 saturated heterocycles. The summed E-state index contributed by atoms with van der Waals surface area (Å²) in [5, 5.41) is 5.40. The van der Waals surface area contributed by atoms with Gasteiger partial charge in [0.05, 0.1) is 11.0 Å². The van der Waals surface area contributed by atoms with E-state index in [4.69, 9.17) is 4.74 Å². The van der Waals surface area contributed by atoms with Crippen LogP contribution in [0, 0.1) is 10.5 Å². The van der Waals surface area contributed by atoms with E-state index in [-0.39, 0.29) is 0 Å². The minimum absolute atomic E-state index is 0.784. The van der Waals surface area contributed by atoms with Crippen molar-refractivity contribution in [2.45, 2.75) is 6.92 Å². The van der Waals surface area contributed by atoms with Crippen LogP contribution in [0.15, 0.2) is 79.3 Å². The molecular formula is C24H17IN4O. The number of hydrogen-bond acceptors (Lipinski definition) is 5. The molecule has 30 heavy (non-hydrogen) atoms. The standard InChI is InChI=1S/C24H17IN4O/c1-15-12-17(29-24-19-13-16(25)7-9-21(19)27-14-28-24)8-10-22(15)30-23-6-2-5-20-18(23)4-3-11-26-20/h2-14H,1H3,(H,27,28,29). The zero-order chi connectivity index (χ0) is 20.5. The summed E-state index contributed by atoms with van der Waals surface area (Å²) in [4.78, 5) is 13.2. The van der Waals surface area contributed by atoms with E-state index in [9.17, 15) is 0 Å². The van der Waals surface area contributed by atoms with Gasteiger partial charge in [-0.15, -0.1) is 0 Å². The molecule has 0 aliphatic heterocycles. The zero-order valence-corrected chi connectivity index (χ0v) is 18.3. The Hall–Kier alpha value is -3.26. The quantitative estimate of drug-likeness (QED) is 0.279. The Bertz CT molecular complexity index is 1380. The van der Waals surface area contributed by atoms with Gasteiger partial charge in [-0.1, -0.05) is 6.07 Å². The molecule has 0 aliphatic rings. The van der Waals surface area contributed by atoms with E-state index in [1.54, 1.807) is 12.5 Å². The van der Waals surface area contributed by atoms with Crippen LogP contribution in [0.2, 0.25) is 0 Å². The summed E-state index contributed by atoms with van der Waals surface area (Å²) in [7, 11) is 0. The van der Waals surface area contributed by atoms with Gasteiger partial charge in [-0.05, 0) is 95.7 Å². The van der Waals surface area contributed by atoms with Crippen molar-refractivity contribution in [2.24, 2.45) is 0 Å². The summed E-state index contributed by atoms with van der Waals surface area (Å²) in [6, 6.07) is 22.0. The van der Waals surface area contributed by atoms with Crippen molar-refractivity contribution in [3.63, 3.8) is 0 Å². The lowest BCUT2D eigenvalue weighted by Crippen LogP contribution is -1.97. The maximum absolute atomic E-state index is 6.22. The zero-order valence-electron chi connectivity index (χ0n) is 16.1. The Balaban J connectivity index is 1.45. The summed E-state index contributed by atoms with van der Waals surface area (Å²) in [6.07, 6.45) is 3.37. The first-order valence-corrected chi connectivity index (χ1v) is 10.5. The number of hydrogen-bond donors (Lipinski definition) is 1. The first-order chi connectivity index (χ1) is 14.7. The third kappa shape index (κ3) is 3.66. The lowest BCUT2D eigenvalue weighted by Gasteiger charge is -2.13. The number of aryl methyl sites for hydroxylation is 1. The molecular weight excluding hydrogens is 487 g/mol. The van der Waals surface area contributed by atoms with E-state index in [1.807, 2.05) is 61.5 Å². The van der Waals surface area contributed by atoms with Crippen molar-refractivity contribution in [1.82, 2.24) is 15.0 Å². The first kappa shape index (κ1) is 18.7. The molecule has 0 radical (unpaired) electrons. The number of rotatable bonds is 4. The Morgan fingerprint density at radius 1 is 0.800 bits per heavy atom. The van der Waals surface area contributed by atoms with Crippen LogP contribution in [0.3, 0.4) is 0 Å². The maximum atomic E-state index is 6.22. The molecule has 1 N–H and O–H groups in total. The van der Waals surface area contributed by atoms with Gasteiger partial charge in [0.25, 0.3) is 0 Å². The van der Waals surface area contributed by atoms with Gasteiger partial charge in [0.2, 0.25) is 0 Å². The summed E-state index contributed by atoms with van der Waals surface area (Å²) in [5.74, 6) is 2.38. The Kier molecular flexibility index (Phi) is 4.92. The monoisotopic (exact) mass is 504 g/mol. The third-order valence-electron chi connectivity index (χ3n) is 4.86. The van der Waals surface area contributed by atoms with E-state index in [0.717, 1.165) is 53.9 Å². The van der Waals surface area contributed by atoms with Crippen LogP contribution in [0.25, 0.3) is 21.8 Å². The summed E-state index contributed by atoms with van der Waals surface area (Å²) in [5.41, 5.74) is 3.79. The molecule has 0 aliphatic carbocycles. The molecule has 0 fully saturated rings. The number of anilines is 2. The molecule has 0 bridgehead atoms. The number of pyridine rings is 1. The first-order valence-electron chi connectivity index (χ1n) is 9.47. The largest absolute Gasteiger partial charge is 0.456 e. The minimum atomic E-state index is 0.784. The van der Waals surface area contributed by atoms with E-state index < -0.39 is 0 Å². The molecule has 0 spiro atoms. The van der Waals surface area contributed by atoms with Crippen LogP contribution in [0.4, 0.5) is 11.5 Å². The highest BCUT2D eigenvalue weighted by molar-refractivity contribution is 14.1. The smallest absolute Gasteiger partial charge is 0.141 e. The third-order valence-corrected chi connectivity index (χ3v) is 5.53. The predicted octanol–water partition coefficient (Wildman–Crippen LogP) is 6.63. The van der Waals surface area contributed by atoms with Gasteiger partial charge in [-0.2, -0.15) is 0 Å². The molecule has 0 unspecified atom stereocenters. The van der Waals surface area contributed by atoms with Crippen molar-refractivity contribution < 1.29 is 4.74 Å². The lowest BCUT2D eigenvalue weighted by atomic mass is 10.1. The minimum Gasteiger partial charge on any atom is -0.456 e. The predicted molar refractivity (Wildman–Crippen MR) is 129 cm³/mol. The highest BCUT2D eigenvalue weighted by Gasteiger charge is 2.09. The van der Waals surface area contributed by atoms with E-state index in [1.165, 1.54) is 0 Å². The highest BCUT2D eigenvalue weighted by atomic mass is 127. The molecule has 2 heterocycles. The average Bonchev–Trinajstić information content (AvgIpc) is 2.76. The van der Waals surface area contributed by atoms with E-state index in [0.29, 0.717) is 0 Å². The van der Waals surface area contributed by atoms with E-state index >= 15 is 0 Å². The molecule has 0 saturated carbocycles. The number of nitrogens with zero attached hydrogens (tertiary/aromatic N) is 3. The molecule has 146 valence electrons. The van der Waals surface area contributed by atoms with Crippen molar-refractivity contribution in [3.8, 4) is 11.5 Å². The molecule has 5 nitrogen and oxygen atoms in total. The molecule has 5 rings (SSSR count). The molecule has 0 atom stereocenters. The fourth-order valence-corrected chi connectivity index (χ4v) is 3.88. The normalized spacial score (nSPS) is 11.0. The number of nitrogens with one attached hydrogen (secondary N) is 1. The van der Waals surface area contributed by atoms with Gasteiger partial charge >= 0.3 is 0 Å². The summed E-state index contributed by atoms with van der Waals surface area (Å²) >= 11 is 2.30. The Morgan fingerprint density at radius 2 is 1.70 bits per heavy atom. The number of halogens is 1. The topological polar surface area (TPSA) is 59.9 Å². The van der Waals surface area contributed by atoms with Crippen molar-refractivity contribution >= 4 is 55.9 Å². The average molecular weight is 504 g/mol. The van der Waals surface area contributed by atoms with Crippen LogP contribution < -0.4 is 10.1 Å². The van der Waals surface area contributed by atoms with Crippen molar-refractivity contribution in [2.75, 3.05) is 5.32 Å². The summed E-state index contributed by atoms with van der Waals surface area (Å²) < 4.78 is 7.36. The van der Waals surface area contributed by atoms with Crippen LogP contribution in [-0.2, 0) is 0 Å². The Labute approximate surface area is 187 Å². The maximum Gasteiger partial charge on any atom is 0.141 e. The fourth-order valence-electron chi connectivity index (χ4n) is 3.39. The van der Waals surface area contributed by atoms with Gasteiger partial charge in [0, 0.05) is 26.2 Å². The second kappa shape index (κ2) is 7.87. The fraction of sp³-hybridized carbons (Fsp3) is 0.0417. The van der Waals surface area contributed by atoms with Crippen LogP contribution in [-0.4, -0.2) is 15.0 Å². The molecule has 3 aromatic carbocycles.